The van der Waals surface area contributed by atoms with Gasteiger partial charge < -0.3 is 9.73 Å². The first-order chi connectivity index (χ1) is 9.25. The number of carbonyl (C=O) groups is 1. The summed E-state index contributed by atoms with van der Waals surface area (Å²) < 4.78 is 5.32. The molecule has 1 aromatic heterocycles. The minimum atomic E-state index is -0.184. The van der Waals surface area contributed by atoms with Gasteiger partial charge in [-0.3, -0.25) is 9.69 Å². The van der Waals surface area contributed by atoms with Gasteiger partial charge in [-0.2, -0.15) is 0 Å². The molecule has 1 N–H and O–H groups in total. The third kappa shape index (κ3) is 2.39. The van der Waals surface area contributed by atoms with Gasteiger partial charge in [0.05, 0.1) is 6.04 Å². The molecule has 1 atom stereocenters. The third-order valence-electron chi connectivity index (χ3n) is 3.57. The van der Waals surface area contributed by atoms with E-state index in [1.165, 1.54) is 6.39 Å². The van der Waals surface area contributed by atoms with Gasteiger partial charge in [-0.25, -0.2) is 4.98 Å². The van der Waals surface area contributed by atoms with Gasteiger partial charge >= 0.3 is 0 Å². The van der Waals surface area contributed by atoms with E-state index in [9.17, 15) is 4.79 Å². The zero-order valence-corrected chi connectivity index (χ0v) is 10.9. The Morgan fingerprint density at radius 3 is 2.95 bits per heavy atom. The lowest BCUT2D eigenvalue weighted by Crippen LogP contribution is -2.46. The average Bonchev–Trinajstić information content (AvgIpc) is 2.87. The minimum Gasteiger partial charge on any atom is -0.443 e. The number of oxazole rings is 1. The predicted molar refractivity (Wildman–Crippen MR) is 71.9 cm³/mol. The van der Waals surface area contributed by atoms with Gasteiger partial charge in [0.1, 0.15) is 5.52 Å². The molecule has 1 aliphatic rings. The van der Waals surface area contributed by atoms with E-state index in [0.717, 1.165) is 42.8 Å². The van der Waals surface area contributed by atoms with Crippen molar-refractivity contribution in [1.29, 1.82) is 0 Å². The summed E-state index contributed by atoms with van der Waals surface area (Å²) in [4.78, 5) is 18.3. The second-order valence-corrected chi connectivity index (χ2v) is 4.88. The number of ketones is 1. The molecule has 1 unspecified atom stereocenters. The van der Waals surface area contributed by atoms with Crippen LogP contribution in [0, 0.1) is 0 Å². The SMILES string of the molecule is CC(=O)C(c1ccc2ncoc2c1)N1CCNCC1. The fourth-order valence-corrected chi connectivity index (χ4v) is 2.68. The highest BCUT2D eigenvalue weighted by molar-refractivity contribution is 5.84. The van der Waals surface area contributed by atoms with Crippen LogP contribution in [0.15, 0.2) is 29.0 Å². The van der Waals surface area contributed by atoms with Crippen molar-refractivity contribution in [1.82, 2.24) is 15.2 Å². The number of hydrogen-bond donors (Lipinski definition) is 1. The highest BCUT2D eigenvalue weighted by Gasteiger charge is 2.26. The van der Waals surface area contributed by atoms with Crippen molar-refractivity contribution in [2.45, 2.75) is 13.0 Å². The number of fused-ring (bicyclic) bond motifs is 1. The quantitative estimate of drug-likeness (QED) is 0.902. The maximum atomic E-state index is 12.0. The van der Waals surface area contributed by atoms with E-state index in [1.807, 2.05) is 18.2 Å². The van der Waals surface area contributed by atoms with Crippen LogP contribution in [0.3, 0.4) is 0 Å². The molecule has 0 radical (unpaired) electrons. The summed E-state index contributed by atoms with van der Waals surface area (Å²) in [5.74, 6) is 0.167. The molecule has 1 aromatic carbocycles. The van der Waals surface area contributed by atoms with Gasteiger partial charge in [0, 0.05) is 26.2 Å². The molecule has 19 heavy (non-hydrogen) atoms. The Kier molecular flexibility index (Phi) is 3.31. The van der Waals surface area contributed by atoms with Crippen molar-refractivity contribution >= 4 is 16.9 Å². The van der Waals surface area contributed by atoms with E-state index >= 15 is 0 Å². The molecule has 5 nitrogen and oxygen atoms in total. The summed E-state index contributed by atoms with van der Waals surface area (Å²) in [6, 6.07) is 5.62. The van der Waals surface area contributed by atoms with Crippen LogP contribution in [-0.2, 0) is 4.79 Å². The van der Waals surface area contributed by atoms with Crippen LogP contribution in [0.2, 0.25) is 0 Å². The highest BCUT2D eigenvalue weighted by atomic mass is 16.3. The average molecular weight is 259 g/mol. The molecule has 3 rings (SSSR count). The van der Waals surface area contributed by atoms with Crippen LogP contribution >= 0.6 is 0 Å². The molecule has 2 aromatic rings. The summed E-state index contributed by atoms with van der Waals surface area (Å²) in [6.07, 6.45) is 1.43. The lowest BCUT2D eigenvalue weighted by Gasteiger charge is -2.33. The predicted octanol–water partition coefficient (Wildman–Crippen LogP) is 1.36. The maximum absolute atomic E-state index is 12.0. The number of piperazine rings is 1. The van der Waals surface area contributed by atoms with Crippen molar-refractivity contribution in [3.63, 3.8) is 0 Å². The van der Waals surface area contributed by atoms with Crippen molar-refractivity contribution < 1.29 is 9.21 Å². The Balaban J connectivity index is 1.95. The summed E-state index contributed by atoms with van der Waals surface area (Å²) in [5, 5.41) is 3.30. The van der Waals surface area contributed by atoms with E-state index < -0.39 is 0 Å². The first-order valence-corrected chi connectivity index (χ1v) is 6.54. The molecule has 0 amide bonds. The Morgan fingerprint density at radius 2 is 2.21 bits per heavy atom. The number of Topliss-reactive ketones (excluding diaryl/α,β-unsaturated/α-hetero) is 1. The van der Waals surface area contributed by atoms with Crippen molar-refractivity contribution in [2.24, 2.45) is 0 Å². The molecule has 0 bridgehead atoms. The maximum Gasteiger partial charge on any atom is 0.181 e. The summed E-state index contributed by atoms with van der Waals surface area (Å²) in [6.45, 7) is 5.28. The van der Waals surface area contributed by atoms with Crippen LogP contribution in [0.25, 0.3) is 11.1 Å². The number of nitrogens with one attached hydrogen (secondary N) is 1. The summed E-state index contributed by atoms with van der Waals surface area (Å²) >= 11 is 0. The minimum absolute atomic E-state index is 0.167. The van der Waals surface area contributed by atoms with Gasteiger partial charge in [0.2, 0.25) is 0 Å². The number of nitrogens with zero attached hydrogens (tertiary/aromatic N) is 2. The van der Waals surface area contributed by atoms with Gasteiger partial charge in [-0.1, -0.05) is 6.07 Å². The molecule has 1 saturated heterocycles. The second kappa shape index (κ2) is 5.11. The molecule has 0 aliphatic carbocycles. The van der Waals surface area contributed by atoms with Crippen LogP contribution in [0.4, 0.5) is 0 Å². The van der Waals surface area contributed by atoms with Crippen LogP contribution in [0.1, 0.15) is 18.5 Å². The largest absolute Gasteiger partial charge is 0.443 e. The molecule has 1 fully saturated rings. The Bertz CT molecular complexity index is 587. The highest BCUT2D eigenvalue weighted by Crippen LogP contribution is 2.25. The second-order valence-electron chi connectivity index (χ2n) is 4.88. The first-order valence-electron chi connectivity index (χ1n) is 6.54. The van der Waals surface area contributed by atoms with Crippen molar-refractivity contribution in [3.8, 4) is 0 Å². The molecule has 5 heteroatoms. The Hall–Kier alpha value is -1.72. The molecule has 2 heterocycles. The lowest BCUT2D eigenvalue weighted by molar-refractivity contribution is -0.122. The van der Waals surface area contributed by atoms with E-state index in [0.29, 0.717) is 0 Å². The van der Waals surface area contributed by atoms with Gasteiger partial charge in [-0.15, -0.1) is 0 Å². The number of benzene rings is 1. The normalized spacial score (nSPS) is 18.6. The van der Waals surface area contributed by atoms with E-state index in [2.05, 4.69) is 15.2 Å². The van der Waals surface area contributed by atoms with Crippen LogP contribution in [0.5, 0.6) is 0 Å². The fourth-order valence-electron chi connectivity index (χ4n) is 2.68. The van der Waals surface area contributed by atoms with Gasteiger partial charge in [0.25, 0.3) is 0 Å². The zero-order chi connectivity index (χ0) is 13.2. The van der Waals surface area contributed by atoms with Gasteiger partial charge in [-0.05, 0) is 24.6 Å². The smallest absolute Gasteiger partial charge is 0.181 e. The van der Waals surface area contributed by atoms with E-state index in [-0.39, 0.29) is 11.8 Å². The number of carbonyl (C=O) groups excluding carboxylic acids is 1. The van der Waals surface area contributed by atoms with Crippen molar-refractivity contribution in [2.75, 3.05) is 26.2 Å². The lowest BCUT2D eigenvalue weighted by atomic mass is 10.0. The number of rotatable bonds is 3. The number of aromatic nitrogens is 1. The van der Waals surface area contributed by atoms with Crippen LogP contribution in [-0.4, -0.2) is 41.8 Å². The fraction of sp³-hybridized carbons (Fsp3) is 0.429. The van der Waals surface area contributed by atoms with E-state index in [1.54, 1.807) is 6.92 Å². The van der Waals surface area contributed by atoms with Crippen LogP contribution < -0.4 is 5.32 Å². The van der Waals surface area contributed by atoms with Crippen molar-refractivity contribution in [3.05, 3.63) is 30.2 Å². The Morgan fingerprint density at radius 1 is 1.42 bits per heavy atom. The van der Waals surface area contributed by atoms with Gasteiger partial charge in [0.15, 0.2) is 17.8 Å². The molecule has 1 aliphatic heterocycles. The monoisotopic (exact) mass is 259 g/mol. The molecule has 0 saturated carbocycles. The summed E-state index contributed by atoms with van der Waals surface area (Å²) in [7, 11) is 0. The standard InChI is InChI=1S/C14H17N3O2/c1-10(18)14(17-6-4-15-5-7-17)11-2-3-12-13(8-11)19-9-16-12/h2-3,8-9,14-15H,4-7H2,1H3. The third-order valence-corrected chi connectivity index (χ3v) is 3.57. The Labute approximate surface area is 111 Å². The first kappa shape index (κ1) is 12.3. The molecule has 0 spiro atoms. The topological polar surface area (TPSA) is 58.4 Å². The summed E-state index contributed by atoms with van der Waals surface area (Å²) in [5.41, 5.74) is 2.55. The van der Waals surface area contributed by atoms with E-state index in [4.69, 9.17) is 4.42 Å². The molecular formula is C14H17N3O2. The molecular weight excluding hydrogens is 242 g/mol. The molecule has 100 valence electrons. The number of hydrogen-bond acceptors (Lipinski definition) is 5. The zero-order valence-electron chi connectivity index (χ0n) is 10.9.